The molecule has 0 aromatic heterocycles. The van der Waals surface area contributed by atoms with Gasteiger partial charge in [-0.15, -0.1) is 0 Å². The van der Waals surface area contributed by atoms with Crippen LogP contribution in [-0.4, -0.2) is 17.7 Å². The van der Waals surface area contributed by atoms with E-state index in [2.05, 4.69) is 31.0 Å². The summed E-state index contributed by atoms with van der Waals surface area (Å²) in [5, 5.41) is 0. The summed E-state index contributed by atoms with van der Waals surface area (Å²) in [5.74, 6) is 1.33. The highest BCUT2D eigenvalue weighted by molar-refractivity contribution is 5.77. The first kappa shape index (κ1) is 17.1. The van der Waals surface area contributed by atoms with Gasteiger partial charge in [-0.05, 0) is 25.8 Å². The summed E-state index contributed by atoms with van der Waals surface area (Å²) < 4.78 is 37.9. The molecule has 0 saturated carbocycles. The SMILES string of the molecule is COC1=N/C(C)=C\C(C)=C/C(C)C1.[O-][Cl+3]([O-])([O-])O. The quantitative estimate of drug-likeness (QED) is 0.598. The summed E-state index contributed by atoms with van der Waals surface area (Å²) in [6.45, 7) is 6.27. The van der Waals surface area contributed by atoms with Crippen LogP contribution in [0.25, 0.3) is 0 Å². The molecule has 0 saturated heterocycles. The summed E-state index contributed by atoms with van der Waals surface area (Å²) in [4.78, 5) is 4.37. The van der Waals surface area contributed by atoms with Gasteiger partial charge in [0.05, 0.1) is 22.0 Å². The lowest BCUT2D eigenvalue weighted by Crippen LogP contribution is -2.58. The van der Waals surface area contributed by atoms with Gasteiger partial charge in [0.15, 0.2) is 5.90 Å². The highest BCUT2D eigenvalue weighted by Crippen LogP contribution is 2.15. The van der Waals surface area contributed by atoms with E-state index >= 15 is 0 Å². The van der Waals surface area contributed by atoms with Crippen molar-refractivity contribution >= 4 is 5.90 Å². The number of hydrogen-bond acceptors (Lipinski definition) is 6. The number of allylic oxidation sites excluding steroid dienone is 4. The molecule has 1 N–H and O–H groups in total. The Kier molecular flexibility index (Phi) is 7.12. The number of ether oxygens (including phenoxy) is 1. The first-order valence-corrected chi connectivity index (χ1v) is 6.49. The summed E-state index contributed by atoms with van der Waals surface area (Å²) >= 11 is 0. The highest BCUT2D eigenvalue weighted by Gasteiger charge is 2.08. The Bertz CT molecular complexity index is 351. The number of methoxy groups -OCH3 is 1. The molecule has 0 aliphatic carbocycles. The molecule has 0 amide bonds. The maximum Gasteiger partial charge on any atom is 0.188 e. The Morgan fingerprint density at radius 2 is 1.89 bits per heavy atom. The van der Waals surface area contributed by atoms with E-state index in [1.54, 1.807) is 7.11 Å². The smallest absolute Gasteiger partial charge is 0.188 e. The van der Waals surface area contributed by atoms with Crippen LogP contribution >= 0.6 is 0 Å². The lowest BCUT2D eigenvalue weighted by Gasteiger charge is -2.12. The molecule has 1 heterocycles. The molecular formula is C11H18ClNO5. The minimum absolute atomic E-state index is 0.503. The van der Waals surface area contributed by atoms with Crippen LogP contribution in [0.3, 0.4) is 0 Å². The molecule has 0 fully saturated rings. The van der Waals surface area contributed by atoms with Crippen LogP contribution in [0.5, 0.6) is 0 Å². The van der Waals surface area contributed by atoms with Crippen molar-refractivity contribution in [1.29, 1.82) is 0 Å². The van der Waals surface area contributed by atoms with Gasteiger partial charge in [0.1, 0.15) is 0 Å². The van der Waals surface area contributed by atoms with E-state index in [0.29, 0.717) is 5.92 Å². The maximum atomic E-state index is 8.60. The van der Waals surface area contributed by atoms with Crippen LogP contribution in [0.15, 0.2) is 28.4 Å². The molecule has 0 aromatic carbocycles. The van der Waals surface area contributed by atoms with Gasteiger partial charge in [-0.25, -0.2) is 4.99 Å². The zero-order valence-corrected chi connectivity index (χ0v) is 11.6. The zero-order chi connectivity index (χ0) is 14.3. The van der Waals surface area contributed by atoms with Gasteiger partial charge in [0, 0.05) is 12.1 Å². The molecule has 1 aliphatic heterocycles. The third-order valence-electron chi connectivity index (χ3n) is 2.02. The predicted octanol–water partition coefficient (Wildman–Crippen LogP) is -1.20. The molecule has 6 nitrogen and oxygen atoms in total. The second-order valence-electron chi connectivity index (χ2n) is 3.98. The molecular weight excluding hydrogens is 262 g/mol. The van der Waals surface area contributed by atoms with Gasteiger partial charge in [-0.3, -0.25) is 0 Å². The van der Waals surface area contributed by atoms with E-state index in [1.165, 1.54) is 5.57 Å². The van der Waals surface area contributed by atoms with Crippen LogP contribution in [-0.2, 0) is 4.74 Å². The molecule has 104 valence electrons. The summed E-state index contributed by atoms with van der Waals surface area (Å²) in [6, 6.07) is 0. The van der Waals surface area contributed by atoms with Crippen LogP contribution in [0.1, 0.15) is 27.2 Å². The van der Waals surface area contributed by atoms with Crippen molar-refractivity contribution in [2.45, 2.75) is 27.2 Å². The molecule has 7 heteroatoms. The van der Waals surface area contributed by atoms with Crippen molar-refractivity contribution in [2.75, 3.05) is 7.11 Å². The number of halogens is 1. The largest absolute Gasteiger partial charge is 0.484 e. The normalized spacial score (nSPS) is 26.2. The topological polar surface area (TPSA) is 111 Å². The van der Waals surface area contributed by atoms with Crippen molar-refractivity contribution in [1.82, 2.24) is 0 Å². The number of hydrogen-bond donors (Lipinski definition) is 1. The van der Waals surface area contributed by atoms with Gasteiger partial charge in [0.2, 0.25) is 0 Å². The Hall–Kier alpha value is -0.920. The van der Waals surface area contributed by atoms with Crippen molar-refractivity contribution in [3.8, 4) is 0 Å². The first-order chi connectivity index (χ1) is 8.11. The second-order valence-corrected chi connectivity index (χ2v) is 4.78. The minimum Gasteiger partial charge on any atom is -0.484 e. The van der Waals surface area contributed by atoms with Gasteiger partial charge < -0.3 is 4.74 Å². The fourth-order valence-electron chi connectivity index (χ4n) is 1.56. The third kappa shape index (κ3) is 10.2. The second kappa shape index (κ2) is 7.50. The Morgan fingerprint density at radius 1 is 1.39 bits per heavy atom. The van der Waals surface area contributed by atoms with E-state index in [-0.39, 0.29) is 0 Å². The van der Waals surface area contributed by atoms with Gasteiger partial charge in [-0.2, -0.15) is 14.0 Å². The van der Waals surface area contributed by atoms with Gasteiger partial charge in [0.25, 0.3) is 0 Å². The van der Waals surface area contributed by atoms with E-state index in [9.17, 15) is 0 Å². The van der Waals surface area contributed by atoms with Gasteiger partial charge in [-0.1, -0.05) is 18.6 Å². The average molecular weight is 280 g/mol. The fraction of sp³-hybridized carbons (Fsp3) is 0.545. The minimum atomic E-state index is -4.69. The highest BCUT2D eigenvalue weighted by atomic mass is 35.7. The summed E-state index contributed by atoms with van der Waals surface area (Å²) in [7, 11) is -3.02. The van der Waals surface area contributed by atoms with Crippen molar-refractivity contribution in [3.63, 3.8) is 0 Å². The molecule has 0 radical (unpaired) electrons. The predicted molar refractivity (Wildman–Crippen MR) is 58.0 cm³/mol. The fourth-order valence-corrected chi connectivity index (χ4v) is 1.56. The van der Waals surface area contributed by atoms with E-state index < -0.39 is 10.2 Å². The van der Waals surface area contributed by atoms with E-state index in [0.717, 1.165) is 18.0 Å². The monoisotopic (exact) mass is 279 g/mol. The lowest BCUT2D eigenvalue weighted by atomic mass is 10.0. The number of aliphatic imine (C=N–C) groups is 1. The van der Waals surface area contributed by atoms with Crippen LogP contribution in [0.4, 0.5) is 0 Å². The van der Waals surface area contributed by atoms with Crippen LogP contribution < -0.4 is 14.0 Å². The third-order valence-corrected chi connectivity index (χ3v) is 2.02. The number of nitrogens with zero attached hydrogens (tertiary/aromatic N) is 1. The Morgan fingerprint density at radius 3 is 2.33 bits per heavy atom. The van der Waals surface area contributed by atoms with E-state index in [1.807, 2.05) is 6.92 Å². The number of rotatable bonds is 0. The molecule has 1 unspecified atom stereocenters. The Labute approximate surface area is 109 Å². The van der Waals surface area contributed by atoms with Crippen molar-refractivity contribution in [3.05, 3.63) is 23.4 Å². The molecule has 0 spiro atoms. The molecule has 0 bridgehead atoms. The molecule has 1 atom stereocenters. The summed E-state index contributed by atoms with van der Waals surface area (Å²) in [6.07, 6.45) is 5.21. The van der Waals surface area contributed by atoms with Crippen LogP contribution in [0.2, 0.25) is 0 Å². The zero-order valence-electron chi connectivity index (χ0n) is 10.8. The Balaban J connectivity index is 0.000000494. The van der Waals surface area contributed by atoms with Crippen molar-refractivity contribution < 1.29 is 33.6 Å². The van der Waals surface area contributed by atoms with Gasteiger partial charge >= 0.3 is 0 Å². The molecule has 1 rings (SSSR count). The van der Waals surface area contributed by atoms with E-state index in [4.69, 9.17) is 23.4 Å². The molecule has 18 heavy (non-hydrogen) atoms. The summed E-state index contributed by atoms with van der Waals surface area (Å²) in [5.41, 5.74) is 2.29. The lowest BCUT2D eigenvalue weighted by molar-refractivity contribution is -1.92. The van der Waals surface area contributed by atoms with Crippen LogP contribution in [0, 0.1) is 16.2 Å². The first-order valence-electron chi connectivity index (χ1n) is 5.23. The standard InChI is InChI=1S/C11H17NO.ClHO4/c1-8-5-9(2)7-11(13-4)12-10(3)6-8;2-1(3,4)5/h5-6,9H,7H2,1-4H3;(H,2,3,4,5)/b8-5-,10-6-,12-11?;. The van der Waals surface area contributed by atoms with Crippen molar-refractivity contribution in [2.24, 2.45) is 10.9 Å². The maximum absolute atomic E-state index is 8.60. The molecule has 1 aliphatic rings. The average Bonchev–Trinajstić information content (AvgIpc) is 2.10. The molecule has 0 aromatic rings.